The van der Waals surface area contributed by atoms with Crippen LogP contribution in [-0.4, -0.2) is 26.5 Å². The molecule has 6 nitrogen and oxygen atoms in total. The normalized spacial score (nSPS) is 13.8. The number of aromatic amines is 1. The van der Waals surface area contributed by atoms with Gasteiger partial charge in [0.1, 0.15) is 5.02 Å². The van der Waals surface area contributed by atoms with Crippen LogP contribution in [0, 0.1) is 6.92 Å². The summed E-state index contributed by atoms with van der Waals surface area (Å²) in [6.45, 7) is 4.34. The van der Waals surface area contributed by atoms with Crippen LogP contribution in [0.2, 0.25) is 5.02 Å². The number of aromatic nitrogens is 4. The van der Waals surface area contributed by atoms with Gasteiger partial charge in [-0.3, -0.25) is 9.48 Å². The lowest BCUT2D eigenvalue weighted by molar-refractivity contribution is 0.613. The van der Waals surface area contributed by atoms with E-state index in [2.05, 4.69) is 56.1 Å². The number of hydrogen-bond donors (Lipinski definition) is 1. The first-order chi connectivity index (χ1) is 12.1. The summed E-state index contributed by atoms with van der Waals surface area (Å²) in [5.74, 6) is 0. The summed E-state index contributed by atoms with van der Waals surface area (Å²) < 4.78 is 2.08. The summed E-state index contributed by atoms with van der Waals surface area (Å²) >= 11 is 6.14. The maximum atomic E-state index is 11.7. The maximum absolute atomic E-state index is 11.7. The van der Waals surface area contributed by atoms with Crippen LogP contribution in [0.25, 0.3) is 0 Å². The van der Waals surface area contributed by atoms with Gasteiger partial charge in [0.25, 0.3) is 5.56 Å². The van der Waals surface area contributed by atoms with E-state index >= 15 is 0 Å². The van der Waals surface area contributed by atoms with Crippen LogP contribution in [0.4, 0.5) is 5.69 Å². The van der Waals surface area contributed by atoms with Gasteiger partial charge >= 0.3 is 0 Å². The molecule has 3 heterocycles. The lowest BCUT2D eigenvalue weighted by atomic mass is 10.1. The van der Waals surface area contributed by atoms with E-state index in [1.807, 2.05) is 6.20 Å². The summed E-state index contributed by atoms with van der Waals surface area (Å²) in [5.41, 5.74) is 5.26. The number of H-pyrrole nitrogens is 1. The molecule has 2 aromatic heterocycles. The third kappa shape index (κ3) is 2.93. The van der Waals surface area contributed by atoms with Crippen molar-refractivity contribution in [3.05, 3.63) is 74.4 Å². The molecule has 0 radical (unpaired) electrons. The molecule has 0 atom stereocenters. The molecule has 4 rings (SSSR count). The van der Waals surface area contributed by atoms with Crippen LogP contribution in [0.15, 0.2) is 41.5 Å². The van der Waals surface area contributed by atoms with E-state index < -0.39 is 0 Å². The third-order valence-corrected chi connectivity index (χ3v) is 5.08. The van der Waals surface area contributed by atoms with Gasteiger partial charge in [0.15, 0.2) is 0 Å². The van der Waals surface area contributed by atoms with Crippen LogP contribution in [0.5, 0.6) is 0 Å². The molecular weight excluding hydrogens is 338 g/mol. The van der Waals surface area contributed by atoms with Crippen molar-refractivity contribution in [2.75, 3.05) is 11.4 Å². The number of nitrogens with zero attached hydrogens (tertiary/aromatic N) is 4. The Kier molecular flexibility index (Phi) is 4.05. The number of rotatable bonds is 3. The molecule has 25 heavy (non-hydrogen) atoms. The maximum Gasteiger partial charge on any atom is 0.285 e. The molecule has 0 bridgehead atoms. The largest absolute Gasteiger partial charge is 0.364 e. The molecule has 1 aliphatic rings. The Balaban J connectivity index is 1.60. The molecular formula is C18H18ClN5O. The van der Waals surface area contributed by atoms with Gasteiger partial charge < -0.3 is 4.90 Å². The van der Waals surface area contributed by atoms with Crippen molar-refractivity contribution in [2.24, 2.45) is 0 Å². The molecule has 7 heteroatoms. The number of fused-ring (bicyclic) bond motifs is 1. The Hall–Kier alpha value is -2.60. The Morgan fingerprint density at radius 1 is 1.28 bits per heavy atom. The minimum atomic E-state index is -0.361. The molecule has 1 aliphatic heterocycles. The quantitative estimate of drug-likeness (QED) is 0.784. The van der Waals surface area contributed by atoms with E-state index in [9.17, 15) is 4.79 Å². The Morgan fingerprint density at radius 3 is 2.96 bits per heavy atom. The predicted molar refractivity (Wildman–Crippen MR) is 97.1 cm³/mol. The second kappa shape index (κ2) is 6.37. The number of aryl methyl sites for hydroxylation is 1. The van der Waals surface area contributed by atoms with Crippen molar-refractivity contribution in [2.45, 2.75) is 26.4 Å². The van der Waals surface area contributed by atoms with Gasteiger partial charge in [-0.15, -0.1) is 0 Å². The molecule has 0 fully saturated rings. The summed E-state index contributed by atoms with van der Waals surface area (Å²) in [6, 6.07) is 8.37. The fourth-order valence-corrected chi connectivity index (χ4v) is 3.49. The SMILES string of the molecule is Cc1ccccc1Cn1ncc2c1CCN(c1cn[nH]c(=O)c1Cl)C2. The minimum Gasteiger partial charge on any atom is -0.364 e. The number of benzene rings is 1. The first-order valence-corrected chi connectivity index (χ1v) is 8.57. The van der Waals surface area contributed by atoms with Crippen molar-refractivity contribution >= 4 is 17.3 Å². The number of nitrogens with one attached hydrogen (secondary N) is 1. The van der Waals surface area contributed by atoms with E-state index in [4.69, 9.17) is 11.6 Å². The van der Waals surface area contributed by atoms with Crippen LogP contribution >= 0.6 is 11.6 Å². The van der Waals surface area contributed by atoms with E-state index in [-0.39, 0.29) is 10.6 Å². The monoisotopic (exact) mass is 355 g/mol. The molecule has 128 valence electrons. The molecule has 1 N–H and O–H groups in total. The third-order valence-electron chi connectivity index (χ3n) is 4.71. The Labute approximate surface area is 150 Å². The summed E-state index contributed by atoms with van der Waals surface area (Å²) in [4.78, 5) is 13.8. The Bertz CT molecular complexity index is 978. The molecule has 0 saturated carbocycles. The lowest BCUT2D eigenvalue weighted by Gasteiger charge is -2.29. The van der Waals surface area contributed by atoms with E-state index in [1.165, 1.54) is 16.8 Å². The van der Waals surface area contributed by atoms with Gasteiger partial charge in [-0.1, -0.05) is 35.9 Å². The average molecular weight is 356 g/mol. The highest BCUT2D eigenvalue weighted by Gasteiger charge is 2.23. The first kappa shape index (κ1) is 15.9. The van der Waals surface area contributed by atoms with Crippen molar-refractivity contribution < 1.29 is 0 Å². The van der Waals surface area contributed by atoms with E-state index in [0.717, 1.165) is 25.1 Å². The summed E-state index contributed by atoms with van der Waals surface area (Å²) in [6.07, 6.45) is 4.37. The fourth-order valence-electron chi connectivity index (χ4n) is 3.28. The second-order valence-electron chi connectivity index (χ2n) is 6.27. The van der Waals surface area contributed by atoms with Gasteiger partial charge in [0.2, 0.25) is 0 Å². The van der Waals surface area contributed by atoms with Gasteiger partial charge in [0.05, 0.1) is 24.6 Å². The number of anilines is 1. The van der Waals surface area contributed by atoms with Gasteiger partial charge in [-0.05, 0) is 18.1 Å². The van der Waals surface area contributed by atoms with Gasteiger partial charge in [0, 0.05) is 30.8 Å². The number of hydrogen-bond acceptors (Lipinski definition) is 4. The molecule has 0 aliphatic carbocycles. The fraction of sp³-hybridized carbons (Fsp3) is 0.278. The van der Waals surface area contributed by atoms with Crippen LogP contribution in [0.3, 0.4) is 0 Å². The van der Waals surface area contributed by atoms with Crippen LogP contribution < -0.4 is 10.5 Å². The van der Waals surface area contributed by atoms with Crippen molar-refractivity contribution in [3.8, 4) is 0 Å². The predicted octanol–water partition coefficient (Wildman–Crippen LogP) is 2.54. The highest BCUT2D eigenvalue weighted by Crippen LogP contribution is 2.27. The van der Waals surface area contributed by atoms with Gasteiger partial charge in [-0.25, -0.2) is 5.10 Å². The van der Waals surface area contributed by atoms with E-state index in [0.29, 0.717) is 12.2 Å². The van der Waals surface area contributed by atoms with Crippen LogP contribution in [-0.2, 0) is 19.5 Å². The average Bonchev–Trinajstić information content (AvgIpc) is 3.01. The molecule has 0 unspecified atom stereocenters. The summed E-state index contributed by atoms with van der Waals surface area (Å²) in [5, 5.41) is 11.0. The highest BCUT2D eigenvalue weighted by atomic mass is 35.5. The zero-order valence-electron chi connectivity index (χ0n) is 13.9. The highest BCUT2D eigenvalue weighted by molar-refractivity contribution is 6.32. The summed E-state index contributed by atoms with van der Waals surface area (Å²) in [7, 11) is 0. The minimum absolute atomic E-state index is 0.186. The van der Waals surface area contributed by atoms with Crippen molar-refractivity contribution in [1.29, 1.82) is 0 Å². The van der Waals surface area contributed by atoms with Crippen molar-refractivity contribution in [1.82, 2.24) is 20.0 Å². The van der Waals surface area contributed by atoms with Crippen molar-refractivity contribution in [3.63, 3.8) is 0 Å². The first-order valence-electron chi connectivity index (χ1n) is 8.19. The van der Waals surface area contributed by atoms with Crippen LogP contribution in [0.1, 0.15) is 22.4 Å². The standard InChI is InChI=1S/C18H18ClN5O/c1-12-4-2-3-5-13(12)11-24-15-6-7-23(10-14(15)8-21-24)16-9-20-22-18(25)17(16)19/h2-5,8-9H,6-7,10-11H2,1H3,(H,22,25). The van der Waals surface area contributed by atoms with Gasteiger partial charge in [-0.2, -0.15) is 10.2 Å². The van der Waals surface area contributed by atoms with E-state index in [1.54, 1.807) is 6.20 Å². The zero-order chi connectivity index (χ0) is 17.4. The molecule has 0 saturated heterocycles. The zero-order valence-corrected chi connectivity index (χ0v) is 14.6. The smallest absolute Gasteiger partial charge is 0.285 e. The molecule has 0 spiro atoms. The lowest BCUT2D eigenvalue weighted by Crippen LogP contribution is -2.32. The second-order valence-corrected chi connectivity index (χ2v) is 6.65. The molecule has 0 amide bonds. The number of halogens is 1. The Morgan fingerprint density at radius 2 is 2.12 bits per heavy atom. The molecule has 3 aromatic rings. The molecule has 1 aromatic carbocycles. The topological polar surface area (TPSA) is 66.8 Å².